The van der Waals surface area contributed by atoms with E-state index in [1.54, 1.807) is 0 Å². The third-order valence-corrected chi connectivity index (χ3v) is 2.05. The summed E-state index contributed by atoms with van der Waals surface area (Å²) in [6.45, 7) is 7.87. The van der Waals surface area contributed by atoms with Gasteiger partial charge in [0.2, 0.25) is 5.91 Å². The maximum absolute atomic E-state index is 10.9. The van der Waals surface area contributed by atoms with Gasteiger partial charge in [0.1, 0.15) is 0 Å². The number of carbonyl (C=O) groups excluding carboxylic acids is 2. The van der Waals surface area contributed by atoms with Gasteiger partial charge in [0, 0.05) is 13.1 Å². The Bertz CT molecular complexity index is 204. The number of urea groups is 1. The predicted molar refractivity (Wildman–Crippen MR) is 58.4 cm³/mol. The van der Waals surface area contributed by atoms with Crippen LogP contribution in [0, 0.1) is 0 Å². The van der Waals surface area contributed by atoms with Crippen molar-refractivity contribution in [2.75, 3.05) is 32.7 Å². The minimum Gasteiger partial charge on any atom is -0.351 e. The van der Waals surface area contributed by atoms with Crippen molar-refractivity contribution in [3.05, 3.63) is 0 Å². The molecule has 4 N–H and O–H groups in total. The SMILES string of the molecule is CCN(CC)CCNCC(=O)NC(N)=O. The monoisotopic (exact) mass is 216 g/mol. The summed E-state index contributed by atoms with van der Waals surface area (Å²) in [6, 6.07) is -0.814. The van der Waals surface area contributed by atoms with Crippen LogP contribution < -0.4 is 16.4 Å². The molecule has 0 radical (unpaired) electrons. The van der Waals surface area contributed by atoms with E-state index in [1.165, 1.54) is 0 Å². The highest BCUT2D eigenvalue weighted by atomic mass is 16.2. The number of likely N-dealkylation sites (N-methyl/N-ethyl adjacent to an activating group) is 1. The summed E-state index contributed by atoms with van der Waals surface area (Å²) in [4.78, 5) is 23.5. The molecule has 6 nitrogen and oxygen atoms in total. The van der Waals surface area contributed by atoms with E-state index in [1.807, 2.05) is 5.32 Å². The minimum absolute atomic E-state index is 0.115. The second-order valence-corrected chi connectivity index (χ2v) is 3.12. The zero-order chi connectivity index (χ0) is 11.7. The fraction of sp³-hybridized carbons (Fsp3) is 0.778. The number of nitrogens with one attached hydrogen (secondary N) is 2. The van der Waals surface area contributed by atoms with Crippen LogP contribution in [0.3, 0.4) is 0 Å². The summed E-state index contributed by atoms with van der Waals surface area (Å²) in [6.07, 6.45) is 0. The lowest BCUT2D eigenvalue weighted by Gasteiger charge is -2.17. The quantitative estimate of drug-likeness (QED) is 0.482. The Labute approximate surface area is 90.2 Å². The molecule has 0 unspecified atom stereocenters. The number of nitrogens with two attached hydrogens (primary N) is 1. The van der Waals surface area contributed by atoms with Gasteiger partial charge in [0.15, 0.2) is 0 Å². The van der Waals surface area contributed by atoms with Gasteiger partial charge in [-0.15, -0.1) is 0 Å². The first kappa shape index (κ1) is 13.9. The molecule has 0 aromatic carbocycles. The summed E-state index contributed by atoms with van der Waals surface area (Å²) >= 11 is 0. The Kier molecular flexibility index (Phi) is 7.57. The highest BCUT2D eigenvalue weighted by molar-refractivity contribution is 5.94. The normalized spacial score (nSPS) is 10.3. The summed E-state index contributed by atoms with van der Waals surface area (Å²) in [7, 11) is 0. The van der Waals surface area contributed by atoms with E-state index >= 15 is 0 Å². The van der Waals surface area contributed by atoms with Gasteiger partial charge in [-0.25, -0.2) is 4.79 Å². The first-order valence-corrected chi connectivity index (χ1v) is 5.12. The molecule has 0 fully saturated rings. The Balaban J connectivity index is 3.45. The molecule has 0 saturated heterocycles. The van der Waals surface area contributed by atoms with Gasteiger partial charge in [-0.05, 0) is 13.1 Å². The van der Waals surface area contributed by atoms with Gasteiger partial charge in [-0.3, -0.25) is 10.1 Å². The van der Waals surface area contributed by atoms with Crippen LogP contribution in [-0.4, -0.2) is 49.6 Å². The molecule has 0 spiro atoms. The number of hydrogen-bond donors (Lipinski definition) is 3. The van der Waals surface area contributed by atoms with Gasteiger partial charge in [0.05, 0.1) is 6.54 Å². The van der Waals surface area contributed by atoms with Crippen molar-refractivity contribution in [2.24, 2.45) is 5.73 Å². The van der Waals surface area contributed by atoms with Crippen LogP contribution in [0.25, 0.3) is 0 Å². The maximum Gasteiger partial charge on any atom is 0.318 e. The summed E-state index contributed by atoms with van der Waals surface area (Å²) < 4.78 is 0. The second-order valence-electron chi connectivity index (χ2n) is 3.12. The molecular formula is C9H20N4O2. The van der Waals surface area contributed by atoms with Crippen molar-refractivity contribution in [3.8, 4) is 0 Å². The summed E-state index contributed by atoms with van der Waals surface area (Å²) in [5.74, 6) is -0.401. The molecule has 6 heteroatoms. The van der Waals surface area contributed by atoms with Gasteiger partial charge in [-0.2, -0.15) is 0 Å². The third-order valence-electron chi connectivity index (χ3n) is 2.05. The molecular weight excluding hydrogens is 196 g/mol. The van der Waals surface area contributed by atoms with Gasteiger partial charge < -0.3 is 16.0 Å². The number of imide groups is 1. The fourth-order valence-corrected chi connectivity index (χ4v) is 1.16. The Hall–Kier alpha value is -1.14. The zero-order valence-corrected chi connectivity index (χ0v) is 9.38. The van der Waals surface area contributed by atoms with Crippen molar-refractivity contribution in [2.45, 2.75) is 13.8 Å². The molecule has 0 bridgehead atoms. The molecule has 0 aliphatic carbocycles. The summed E-state index contributed by atoms with van der Waals surface area (Å²) in [5.41, 5.74) is 4.78. The molecule has 0 saturated carbocycles. The van der Waals surface area contributed by atoms with Crippen molar-refractivity contribution in [1.82, 2.24) is 15.5 Å². The van der Waals surface area contributed by atoms with Crippen LogP contribution in [0.2, 0.25) is 0 Å². The molecule has 0 heterocycles. The van der Waals surface area contributed by atoms with E-state index in [0.717, 1.165) is 19.6 Å². The molecule has 0 aliphatic rings. The maximum atomic E-state index is 10.9. The van der Waals surface area contributed by atoms with Crippen LogP contribution >= 0.6 is 0 Å². The van der Waals surface area contributed by atoms with Crippen molar-refractivity contribution in [3.63, 3.8) is 0 Å². The fourth-order valence-electron chi connectivity index (χ4n) is 1.16. The molecule has 88 valence electrons. The number of rotatable bonds is 7. The van der Waals surface area contributed by atoms with Crippen LogP contribution in [-0.2, 0) is 4.79 Å². The number of amides is 3. The predicted octanol–water partition coefficient (Wildman–Crippen LogP) is -0.887. The molecule has 0 aromatic rings. The molecule has 0 rings (SSSR count). The highest BCUT2D eigenvalue weighted by Crippen LogP contribution is 1.83. The van der Waals surface area contributed by atoms with Crippen molar-refractivity contribution >= 4 is 11.9 Å². The Morgan fingerprint density at radius 2 is 1.87 bits per heavy atom. The van der Waals surface area contributed by atoms with Crippen molar-refractivity contribution < 1.29 is 9.59 Å². The van der Waals surface area contributed by atoms with E-state index in [9.17, 15) is 9.59 Å². The van der Waals surface area contributed by atoms with Gasteiger partial charge >= 0.3 is 6.03 Å². The second kappa shape index (κ2) is 8.19. The molecule has 0 aromatic heterocycles. The third kappa shape index (κ3) is 7.90. The topological polar surface area (TPSA) is 87.5 Å². The Morgan fingerprint density at radius 3 is 2.33 bits per heavy atom. The number of carbonyl (C=O) groups is 2. The van der Waals surface area contributed by atoms with Crippen LogP contribution in [0.4, 0.5) is 4.79 Å². The smallest absolute Gasteiger partial charge is 0.318 e. The first-order valence-electron chi connectivity index (χ1n) is 5.12. The number of primary amides is 1. The van der Waals surface area contributed by atoms with E-state index in [0.29, 0.717) is 6.54 Å². The average Bonchev–Trinajstić information content (AvgIpc) is 2.17. The largest absolute Gasteiger partial charge is 0.351 e. The van der Waals surface area contributed by atoms with E-state index in [2.05, 4.69) is 24.1 Å². The summed E-state index contributed by atoms with van der Waals surface area (Å²) in [5, 5.41) is 4.91. The average molecular weight is 216 g/mol. The lowest BCUT2D eigenvalue weighted by atomic mass is 10.4. The Morgan fingerprint density at radius 1 is 1.27 bits per heavy atom. The van der Waals surface area contributed by atoms with E-state index < -0.39 is 11.9 Å². The minimum atomic E-state index is -0.814. The van der Waals surface area contributed by atoms with Gasteiger partial charge in [0.25, 0.3) is 0 Å². The molecule has 15 heavy (non-hydrogen) atoms. The molecule has 0 aliphatic heterocycles. The van der Waals surface area contributed by atoms with Crippen LogP contribution in [0.1, 0.15) is 13.8 Å². The first-order chi connectivity index (χ1) is 7.10. The van der Waals surface area contributed by atoms with E-state index in [4.69, 9.17) is 5.73 Å². The number of nitrogens with zero attached hydrogens (tertiary/aromatic N) is 1. The highest BCUT2D eigenvalue weighted by Gasteiger charge is 2.03. The van der Waals surface area contributed by atoms with Gasteiger partial charge in [-0.1, -0.05) is 13.8 Å². The van der Waals surface area contributed by atoms with Crippen molar-refractivity contribution in [1.29, 1.82) is 0 Å². The zero-order valence-electron chi connectivity index (χ0n) is 9.38. The van der Waals surface area contributed by atoms with Crippen LogP contribution in [0.5, 0.6) is 0 Å². The van der Waals surface area contributed by atoms with Crippen LogP contribution in [0.15, 0.2) is 0 Å². The molecule has 0 atom stereocenters. The van der Waals surface area contributed by atoms with E-state index in [-0.39, 0.29) is 6.54 Å². The number of hydrogen-bond acceptors (Lipinski definition) is 4. The lowest BCUT2D eigenvalue weighted by Crippen LogP contribution is -2.42. The standard InChI is InChI=1S/C9H20N4O2/c1-3-13(4-2)6-5-11-7-8(14)12-9(10)15/h11H,3-7H2,1-2H3,(H3,10,12,14,15). The molecule has 3 amide bonds. The lowest BCUT2D eigenvalue weighted by molar-refractivity contribution is -0.119.